The number of carboxylic acid groups (broad SMARTS) is 2. The SMILES string of the molecule is CCOC(=O)C(CCC(=O)O)C(C(=O)O)(C(=O)OCC)C(F)(F)F. The molecule has 0 spiro atoms. The third kappa shape index (κ3) is 4.36. The second-order valence-corrected chi connectivity index (χ2v) is 4.57. The number of carbonyl (C=O) groups is 4. The van der Waals surface area contributed by atoms with E-state index in [0.717, 1.165) is 6.92 Å². The van der Waals surface area contributed by atoms with Crippen LogP contribution in [0.4, 0.5) is 13.2 Å². The van der Waals surface area contributed by atoms with Crippen LogP contribution in [0.25, 0.3) is 0 Å². The van der Waals surface area contributed by atoms with E-state index in [4.69, 9.17) is 10.2 Å². The molecule has 24 heavy (non-hydrogen) atoms. The minimum Gasteiger partial charge on any atom is -0.481 e. The third-order valence-electron chi connectivity index (χ3n) is 3.12. The molecule has 0 aromatic rings. The maximum Gasteiger partial charge on any atom is 0.416 e. The maximum absolute atomic E-state index is 13.5. The average molecular weight is 358 g/mol. The molecule has 2 unspecified atom stereocenters. The summed E-state index contributed by atoms with van der Waals surface area (Å²) in [7, 11) is 0. The van der Waals surface area contributed by atoms with Gasteiger partial charge in [-0.25, -0.2) is 0 Å². The van der Waals surface area contributed by atoms with E-state index >= 15 is 0 Å². The van der Waals surface area contributed by atoms with Crippen molar-refractivity contribution >= 4 is 23.9 Å². The molecule has 138 valence electrons. The van der Waals surface area contributed by atoms with Crippen molar-refractivity contribution in [3.63, 3.8) is 0 Å². The van der Waals surface area contributed by atoms with Crippen molar-refractivity contribution in [3.8, 4) is 0 Å². The van der Waals surface area contributed by atoms with Crippen LogP contribution >= 0.6 is 0 Å². The minimum absolute atomic E-state index is 0.390. The van der Waals surface area contributed by atoms with Crippen LogP contribution < -0.4 is 0 Å². The van der Waals surface area contributed by atoms with Gasteiger partial charge in [0.15, 0.2) is 0 Å². The standard InChI is InChI=1S/C13H17F3O8/c1-3-23-9(19)7(5-6-8(17)18)12(10(20)21,13(14,15)16)11(22)24-4-2/h7H,3-6H2,1-2H3,(H,17,18)(H,20,21). The molecule has 2 N–H and O–H groups in total. The van der Waals surface area contributed by atoms with Gasteiger partial charge in [0.1, 0.15) is 0 Å². The second-order valence-electron chi connectivity index (χ2n) is 4.57. The Bertz CT molecular complexity index is 502. The Balaban J connectivity index is 6.32. The van der Waals surface area contributed by atoms with Crippen molar-refractivity contribution in [2.24, 2.45) is 11.3 Å². The maximum atomic E-state index is 13.5. The summed E-state index contributed by atoms with van der Waals surface area (Å²) in [5, 5.41) is 17.8. The third-order valence-corrected chi connectivity index (χ3v) is 3.12. The summed E-state index contributed by atoms with van der Waals surface area (Å²) in [6.45, 7) is 1.45. The highest BCUT2D eigenvalue weighted by Gasteiger charge is 2.73. The van der Waals surface area contributed by atoms with E-state index < -0.39 is 67.4 Å². The van der Waals surface area contributed by atoms with Crippen LogP contribution in [0.15, 0.2) is 0 Å². The van der Waals surface area contributed by atoms with Crippen LogP contribution in [0.3, 0.4) is 0 Å². The summed E-state index contributed by atoms with van der Waals surface area (Å²) < 4.78 is 49.2. The molecular formula is C13H17F3O8. The lowest BCUT2D eigenvalue weighted by molar-refractivity contribution is -0.253. The predicted molar refractivity (Wildman–Crippen MR) is 69.7 cm³/mol. The monoisotopic (exact) mass is 358 g/mol. The fourth-order valence-corrected chi connectivity index (χ4v) is 2.08. The van der Waals surface area contributed by atoms with Crippen molar-refractivity contribution in [2.75, 3.05) is 13.2 Å². The molecule has 0 bridgehead atoms. The Morgan fingerprint density at radius 1 is 1.00 bits per heavy atom. The van der Waals surface area contributed by atoms with E-state index in [1.807, 2.05) is 0 Å². The number of alkyl halides is 3. The lowest BCUT2D eigenvalue weighted by Crippen LogP contribution is -2.59. The Morgan fingerprint density at radius 2 is 1.50 bits per heavy atom. The largest absolute Gasteiger partial charge is 0.481 e. The highest BCUT2D eigenvalue weighted by Crippen LogP contribution is 2.48. The van der Waals surface area contributed by atoms with Gasteiger partial charge in [-0.3, -0.25) is 19.2 Å². The number of rotatable bonds is 9. The number of aliphatic carboxylic acids is 2. The minimum atomic E-state index is -5.72. The number of halogens is 3. The van der Waals surface area contributed by atoms with Gasteiger partial charge in [-0.15, -0.1) is 0 Å². The summed E-state index contributed by atoms with van der Waals surface area (Å²) in [5.74, 6) is -10.7. The molecule has 0 amide bonds. The van der Waals surface area contributed by atoms with E-state index in [1.165, 1.54) is 6.92 Å². The van der Waals surface area contributed by atoms with Crippen LogP contribution in [-0.2, 0) is 28.7 Å². The molecule has 0 saturated carbocycles. The summed E-state index contributed by atoms with van der Waals surface area (Å²) in [6, 6.07) is 0. The van der Waals surface area contributed by atoms with Crippen molar-refractivity contribution < 1.29 is 52.0 Å². The van der Waals surface area contributed by atoms with Gasteiger partial charge >= 0.3 is 30.1 Å². The van der Waals surface area contributed by atoms with Gasteiger partial charge < -0.3 is 19.7 Å². The zero-order chi connectivity index (χ0) is 19.1. The number of carbonyl (C=O) groups excluding carboxylic acids is 2. The number of hydrogen-bond acceptors (Lipinski definition) is 6. The molecular weight excluding hydrogens is 341 g/mol. The number of hydrogen-bond donors (Lipinski definition) is 2. The molecule has 0 saturated heterocycles. The summed E-state index contributed by atoms with van der Waals surface area (Å²) >= 11 is 0. The zero-order valence-electron chi connectivity index (χ0n) is 12.9. The van der Waals surface area contributed by atoms with E-state index in [1.54, 1.807) is 0 Å². The van der Waals surface area contributed by atoms with Gasteiger partial charge in [0.25, 0.3) is 5.41 Å². The Morgan fingerprint density at radius 3 is 1.83 bits per heavy atom. The van der Waals surface area contributed by atoms with Crippen LogP contribution in [0.1, 0.15) is 26.7 Å². The van der Waals surface area contributed by atoms with Gasteiger partial charge in [-0.1, -0.05) is 0 Å². The molecule has 0 aliphatic carbocycles. The first kappa shape index (κ1) is 21.7. The van der Waals surface area contributed by atoms with E-state index in [9.17, 15) is 32.3 Å². The van der Waals surface area contributed by atoms with Crippen molar-refractivity contribution in [1.82, 2.24) is 0 Å². The second kappa shape index (κ2) is 8.50. The summed E-state index contributed by atoms with van der Waals surface area (Å²) in [4.78, 5) is 45.8. The molecule has 2 atom stereocenters. The normalized spacial score (nSPS) is 15.0. The molecule has 0 fully saturated rings. The molecule has 0 aliphatic heterocycles. The lowest BCUT2D eigenvalue weighted by Gasteiger charge is -2.34. The van der Waals surface area contributed by atoms with E-state index in [2.05, 4.69) is 9.47 Å². The van der Waals surface area contributed by atoms with Crippen LogP contribution in [0.5, 0.6) is 0 Å². The molecule has 0 heterocycles. The van der Waals surface area contributed by atoms with Crippen LogP contribution in [0.2, 0.25) is 0 Å². The van der Waals surface area contributed by atoms with Gasteiger partial charge in [-0.05, 0) is 20.3 Å². The molecule has 0 aromatic heterocycles. The number of esters is 2. The first-order valence-corrected chi connectivity index (χ1v) is 6.82. The first-order chi connectivity index (χ1) is 11.0. The Hall–Kier alpha value is -2.33. The van der Waals surface area contributed by atoms with Crippen molar-refractivity contribution in [1.29, 1.82) is 0 Å². The van der Waals surface area contributed by atoms with Crippen LogP contribution in [0, 0.1) is 11.3 Å². The number of carboxylic acids is 2. The van der Waals surface area contributed by atoms with E-state index in [0.29, 0.717) is 0 Å². The molecule has 8 nitrogen and oxygen atoms in total. The highest BCUT2D eigenvalue weighted by molar-refractivity contribution is 6.04. The van der Waals surface area contributed by atoms with Crippen molar-refractivity contribution in [2.45, 2.75) is 32.9 Å². The first-order valence-electron chi connectivity index (χ1n) is 6.82. The highest BCUT2D eigenvalue weighted by atomic mass is 19.4. The topological polar surface area (TPSA) is 127 Å². The summed E-state index contributed by atoms with van der Waals surface area (Å²) in [6.07, 6.45) is -7.77. The smallest absolute Gasteiger partial charge is 0.416 e. The molecule has 11 heteroatoms. The van der Waals surface area contributed by atoms with Gasteiger partial charge in [0.05, 0.1) is 19.1 Å². The van der Waals surface area contributed by atoms with Gasteiger partial charge in [-0.2, -0.15) is 13.2 Å². The fourth-order valence-electron chi connectivity index (χ4n) is 2.08. The predicted octanol–water partition coefficient (Wildman–Crippen LogP) is 1.23. The Labute approximate surface area is 134 Å². The zero-order valence-corrected chi connectivity index (χ0v) is 12.9. The number of ether oxygens (including phenoxy) is 2. The Kier molecular flexibility index (Phi) is 7.68. The van der Waals surface area contributed by atoms with E-state index in [-0.39, 0.29) is 0 Å². The molecule has 0 rings (SSSR count). The van der Waals surface area contributed by atoms with Gasteiger partial charge in [0, 0.05) is 6.42 Å². The lowest BCUT2D eigenvalue weighted by atomic mass is 9.72. The van der Waals surface area contributed by atoms with Gasteiger partial charge in [0.2, 0.25) is 0 Å². The molecule has 0 aromatic carbocycles. The quantitative estimate of drug-likeness (QED) is 0.465. The summed E-state index contributed by atoms with van der Waals surface area (Å²) in [5.41, 5.74) is -4.26. The molecule has 0 radical (unpaired) electrons. The van der Waals surface area contributed by atoms with Crippen LogP contribution in [-0.4, -0.2) is 53.5 Å². The fraction of sp³-hybridized carbons (Fsp3) is 0.692. The molecule has 0 aliphatic rings. The average Bonchev–Trinajstić information content (AvgIpc) is 2.41. The van der Waals surface area contributed by atoms with Crippen molar-refractivity contribution in [3.05, 3.63) is 0 Å².